The van der Waals surface area contributed by atoms with Crippen molar-refractivity contribution in [3.8, 4) is 17.5 Å². The molecule has 0 aliphatic rings. The number of phenols is 1. The van der Waals surface area contributed by atoms with E-state index in [4.69, 9.17) is 16.3 Å². The zero-order valence-electron chi connectivity index (χ0n) is 17.3. The number of anilines is 1. The minimum Gasteiger partial charge on any atom is -0.508 e. The van der Waals surface area contributed by atoms with Gasteiger partial charge in [0.1, 0.15) is 11.5 Å². The van der Waals surface area contributed by atoms with Gasteiger partial charge in [-0.05, 0) is 43.2 Å². The van der Waals surface area contributed by atoms with E-state index in [1.54, 1.807) is 42.8 Å². The van der Waals surface area contributed by atoms with E-state index in [0.29, 0.717) is 36.1 Å². The summed E-state index contributed by atoms with van der Waals surface area (Å²) in [5.41, 5.74) is 1.18. The van der Waals surface area contributed by atoms with Crippen LogP contribution in [0.3, 0.4) is 0 Å². The first-order chi connectivity index (χ1) is 14.9. The Morgan fingerprint density at radius 3 is 2.65 bits per heavy atom. The van der Waals surface area contributed by atoms with Crippen LogP contribution in [0.25, 0.3) is 0 Å². The Labute approximate surface area is 185 Å². The Bertz CT molecular complexity index is 1030. The second-order valence-electron chi connectivity index (χ2n) is 7.05. The molecule has 1 aromatic heterocycles. The van der Waals surface area contributed by atoms with Crippen LogP contribution < -0.4 is 15.4 Å². The van der Waals surface area contributed by atoms with E-state index in [2.05, 4.69) is 15.6 Å². The van der Waals surface area contributed by atoms with Crippen molar-refractivity contribution in [2.24, 2.45) is 0 Å². The fraction of sp³-hybridized carbons (Fsp3) is 0.273. The van der Waals surface area contributed by atoms with Crippen LogP contribution in [0.1, 0.15) is 29.4 Å². The maximum atomic E-state index is 13.0. The molecule has 0 aliphatic carbocycles. The molecule has 3 aromatic rings. The smallest absolute Gasteiger partial charge is 0.304 e. The number of aromatic hydroxyl groups is 1. The van der Waals surface area contributed by atoms with Gasteiger partial charge in [0.05, 0.1) is 12.6 Å². The predicted molar refractivity (Wildman–Crippen MR) is 119 cm³/mol. The van der Waals surface area contributed by atoms with E-state index in [-0.39, 0.29) is 23.4 Å². The third kappa shape index (κ3) is 5.90. The predicted octanol–water partition coefficient (Wildman–Crippen LogP) is 3.63. The SMILES string of the molecule is CNc1nc(Oc2cccc(O)c2)n(Cc2ccc(Cl)cc2)c1C(=O)NCCC(C)O. The Morgan fingerprint density at radius 1 is 1.26 bits per heavy atom. The van der Waals surface area contributed by atoms with Crippen LogP contribution in [0.15, 0.2) is 48.5 Å². The van der Waals surface area contributed by atoms with Crippen molar-refractivity contribution in [2.45, 2.75) is 26.0 Å². The van der Waals surface area contributed by atoms with E-state index in [1.807, 2.05) is 12.1 Å². The quantitative estimate of drug-likeness (QED) is 0.401. The van der Waals surface area contributed by atoms with E-state index in [0.717, 1.165) is 5.56 Å². The van der Waals surface area contributed by atoms with Crippen LogP contribution >= 0.6 is 11.6 Å². The average Bonchev–Trinajstić information content (AvgIpc) is 3.06. The number of rotatable bonds is 9. The summed E-state index contributed by atoms with van der Waals surface area (Å²) < 4.78 is 7.56. The number of phenolic OH excluding ortho intramolecular Hbond substituents is 1. The molecule has 0 saturated carbocycles. The number of aliphatic hydroxyl groups is 1. The molecule has 164 valence electrons. The minimum absolute atomic E-state index is 0.0539. The van der Waals surface area contributed by atoms with E-state index >= 15 is 0 Å². The zero-order chi connectivity index (χ0) is 22.4. The molecular formula is C22H25ClN4O4. The fourth-order valence-electron chi connectivity index (χ4n) is 2.96. The van der Waals surface area contributed by atoms with Crippen molar-refractivity contribution < 1.29 is 19.7 Å². The Morgan fingerprint density at radius 2 is 2.00 bits per heavy atom. The van der Waals surface area contributed by atoms with E-state index < -0.39 is 6.10 Å². The summed E-state index contributed by atoms with van der Waals surface area (Å²) in [5, 5.41) is 25.6. The van der Waals surface area contributed by atoms with Gasteiger partial charge in [-0.15, -0.1) is 0 Å². The van der Waals surface area contributed by atoms with Crippen molar-refractivity contribution in [2.75, 3.05) is 18.9 Å². The van der Waals surface area contributed by atoms with Gasteiger partial charge in [-0.25, -0.2) is 0 Å². The summed E-state index contributed by atoms with van der Waals surface area (Å²) in [6.45, 7) is 2.28. The highest BCUT2D eigenvalue weighted by atomic mass is 35.5. The summed E-state index contributed by atoms with van der Waals surface area (Å²) in [5.74, 6) is 0.431. The van der Waals surface area contributed by atoms with Gasteiger partial charge in [-0.3, -0.25) is 9.36 Å². The number of benzene rings is 2. The van der Waals surface area contributed by atoms with Gasteiger partial charge in [0.15, 0.2) is 11.5 Å². The van der Waals surface area contributed by atoms with E-state index in [9.17, 15) is 15.0 Å². The first-order valence-electron chi connectivity index (χ1n) is 9.83. The molecule has 2 aromatic carbocycles. The molecule has 1 amide bonds. The summed E-state index contributed by atoms with van der Waals surface area (Å²) >= 11 is 6.00. The number of aliphatic hydroxyl groups excluding tert-OH is 1. The highest BCUT2D eigenvalue weighted by Crippen LogP contribution is 2.29. The molecule has 4 N–H and O–H groups in total. The fourth-order valence-corrected chi connectivity index (χ4v) is 3.09. The standard InChI is InChI=1S/C22H25ClN4O4/c1-14(28)10-11-25-21(30)19-20(24-2)26-22(31-18-5-3-4-17(29)12-18)27(19)13-15-6-8-16(23)9-7-15/h3-9,12,14,24,28-29H,10-11,13H2,1-2H3,(H,25,30). The lowest BCUT2D eigenvalue weighted by Crippen LogP contribution is -2.29. The van der Waals surface area contributed by atoms with Gasteiger partial charge >= 0.3 is 6.01 Å². The Balaban J connectivity index is 1.99. The number of amides is 1. The third-order valence-corrected chi connectivity index (χ3v) is 4.76. The number of aromatic nitrogens is 2. The van der Waals surface area contributed by atoms with Crippen molar-refractivity contribution in [3.63, 3.8) is 0 Å². The normalized spacial score (nSPS) is 11.7. The lowest BCUT2D eigenvalue weighted by atomic mass is 10.2. The zero-order valence-corrected chi connectivity index (χ0v) is 18.1. The van der Waals surface area contributed by atoms with Crippen LogP contribution in [0.2, 0.25) is 5.02 Å². The average molecular weight is 445 g/mol. The monoisotopic (exact) mass is 444 g/mol. The van der Waals surface area contributed by atoms with Crippen LogP contribution in [-0.2, 0) is 6.54 Å². The van der Waals surface area contributed by atoms with Crippen LogP contribution in [0.4, 0.5) is 5.82 Å². The van der Waals surface area contributed by atoms with Gasteiger partial charge in [-0.2, -0.15) is 4.98 Å². The third-order valence-electron chi connectivity index (χ3n) is 4.51. The second kappa shape index (κ2) is 10.2. The van der Waals surface area contributed by atoms with Crippen LogP contribution in [0, 0.1) is 0 Å². The number of ether oxygens (including phenoxy) is 1. The summed E-state index contributed by atoms with van der Waals surface area (Å²) in [6.07, 6.45) is -0.0915. The van der Waals surface area contributed by atoms with Crippen molar-refractivity contribution in [3.05, 3.63) is 64.8 Å². The number of hydrogen-bond donors (Lipinski definition) is 4. The molecule has 0 aliphatic heterocycles. The van der Waals surface area contributed by atoms with Gasteiger partial charge in [0.2, 0.25) is 0 Å². The molecule has 8 nitrogen and oxygen atoms in total. The molecule has 0 bridgehead atoms. The largest absolute Gasteiger partial charge is 0.508 e. The molecular weight excluding hydrogens is 420 g/mol. The van der Waals surface area contributed by atoms with Gasteiger partial charge < -0.3 is 25.6 Å². The number of halogens is 1. The van der Waals surface area contributed by atoms with Crippen molar-refractivity contribution in [1.29, 1.82) is 0 Å². The van der Waals surface area contributed by atoms with Crippen LogP contribution in [-0.4, -0.2) is 45.4 Å². The molecule has 3 rings (SSSR count). The minimum atomic E-state index is -0.521. The summed E-state index contributed by atoms with van der Waals surface area (Å²) in [7, 11) is 1.67. The highest BCUT2D eigenvalue weighted by Gasteiger charge is 2.24. The molecule has 9 heteroatoms. The number of hydrogen-bond acceptors (Lipinski definition) is 6. The van der Waals surface area contributed by atoms with Crippen molar-refractivity contribution >= 4 is 23.3 Å². The maximum Gasteiger partial charge on any atom is 0.304 e. The number of nitrogens with zero attached hydrogens (tertiary/aromatic N) is 2. The molecule has 1 unspecified atom stereocenters. The number of imidazole rings is 1. The lowest BCUT2D eigenvalue weighted by molar-refractivity contribution is 0.0936. The first kappa shape index (κ1) is 22.5. The van der Waals surface area contributed by atoms with Crippen LogP contribution in [0.5, 0.6) is 17.5 Å². The summed E-state index contributed by atoms with van der Waals surface area (Å²) in [4.78, 5) is 17.4. The topological polar surface area (TPSA) is 109 Å². The number of nitrogens with one attached hydrogen (secondary N) is 2. The summed E-state index contributed by atoms with van der Waals surface area (Å²) in [6, 6.07) is 13.8. The molecule has 0 radical (unpaired) electrons. The first-order valence-corrected chi connectivity index (χ1v) is 10.2. The second-order valence-corrected chi connectivity index (χ2v) is 7.48. The number of carbonyl (C=O) groups is 1. The Hall–Kier alpha value is -3.23. The van der Waals surface area contributed by atoms with Crippen molar-refractivity contribution in [1.82, 2.24) is 14.9 Å². The van der Waals surface area contributed by atoms with Gasteiger partial charge in [-0.1, -0.05) is 29.8 Å². The molecule has 1 atom stereocenters. The van der Waals surface area contributed by atoms with E-state index in [1.165, 1.54) is 12.1 Å². The molecule has 0 saturated heterocycles. The number of carbonyl (C=O) groups excluding carboxylic acids is 1. The Kier molecular flexibility index (Phi) is 7.38. The molecule has 0 spiro atoms. The van der Waals surface area contributed by atoms with Gasteiger partial charge in [0.25, 0.3) is 5.91 Å². The molecule has 31 heavy (non-hydrogen) atoms. The molecule has 1 heterocycles. The lowest BCUT2D eigenvalue weighted by Gasteiger charge is -2.13. The molecule has 0 fully saturated rings. The maximum absolute atomic E-state index is 13.0. The van der Waals surface area contributed by atoms with Gasteiger partial charge in [0, 0.05) is 24.7 Å². The highest BCUT2D eigenvalue weighted by molar-refractivity contribution is 6.30.